The molecule has 0 aliphatic heterocycles. The van der Waals surface area contributed by atoms with E-state index >= 15 is 0 Å². The minimum Gasteiger partial charge on any atom is -0.382 e. The zero-order chi connectivity index (χ0) is 19.9. The largest absolute Gasteiger partial charge is 0.382 e. The molecule has 142 valence electrons. The van der Waals surface area contributed by atoms with Crippen molar-refractivity contribution in [2.45, 2.75) is 13.5 Å². The van der Waals surface area contributed by atoms with Gasteiger partial charge in [0.1, 0.15) is 5.69 Å². The first-order valence-corrected chi connectivity index (χ1v) is 8.85. The Morgan fingerprint density at radius 3 is 2.68 bits per heavy atom. The summed E-state index contributed by atoms with van der Waals surface area (Å²) < 4.78 is 0. The SMILES string of the molecule is CNN=C(C)c1nc(-c2cccc(C(=O)NCc3ccccc3)c2)cnc1N. The average molecular weight is 374 g/mol. The van der Waals surface area contributed by atoms with Gasteiger partial charge in [-0.3, -0.25) is 4.79 Å². The smallest absolute Gasteiger partial charge is 0.251 e. The number of anilines is 1. The topological polar surface area (TPSA) is 105 Å². The molecule has 0 unspecified atom stereocenters. The van der Waals surface area contributed by atoms with E-state index in [0.717, 1.165) is 11.1 Å². The fourth-order valence-electron chi connectivity index (χ4n) is 2.72. The highest BCUT2D eigenvalue weighted by Gasteiger charge is 2.12. The number of hydrogen-bond donors (Lipinski definition) is 3. The van der Waals surface area contributed by atoms with Gasteiger partial charge in [0.15, 0.2) is 5.82 Å². The van der Waals surface area contributed by atoms with Crippen LogP contribution in [0.4, 0.5) is 5.82 Å². The summed E-state index contributed by atoms with van der Waals surface area (Å²) in [7, 11) is 1.70. The summed E-state index contributed by atoms with van der Waals surface area (Å²) in [6.07, 6.45) is 1.59. The molecule has 1 amide bonds. The summed E-state index contributed by atoms with van der Waals surface area (Å²) in [4.78, 5) is 21.3. The van der Waals surface area contributed by atoms with E-state index in [2.05, 4.69) is 25.8 Å². The zero-order valence-corrected chi connectivity index (χ0v) is 15.8. The lowest BCUT2D eigenvalue weighted by Gasteiger charge is -2.09. The van der Waals surface area contributed by atoms with E-state index in [1.54, 1.807) is 32.3 Å². The lowest BCUT2D eigenvalue weighted by Crippen LogP contribution is -2.22. The van der Waals surface area contributed by atoms with Crippen LogP contribution in [0.1, 0.15) is 28.5 Å². The van der Waals surface area contributed by atoms with Crippen molar-refractivity contribution in [2.75, 3.05) is 12.8 Å². The van der Waals surface area contributed by atoms with Crippen molar-refractivity contribution in [1.29, 1.82) is 0 Å². The number of nitrogens with one attached hydrogen (secondary N) is 2. The van der Waals surface area contributed by atoms with Crippen LogP contribution in [0.15, 0.2) is 65.9 Å². The quantitative estimate of drug-likeness (QED) is 0.454. The van der Waals surface area contributed by atoms with Crippen LogP contribution >= 0.6 is 0 Å². The van der Waals surface area contributed by atoms with E-state index in [9.17, 15) is 4.79 Å². The van der Waals surface area contributed by atoms with Crippen LogP contribution in [0.3, 0.4) is 0 Å². The molecule has 0 spiro atoms. The second kappa shape index (κ2) is 8.77. The second-order valence-electron chi connectivity index (χ2n) is 6.16. The summed E-state index contributed by atoms with van der Waals surface area (Å²) >= 11 is 0. The minimum absolute atomic E-state index is 0.151. The van der Waals surface area contributed by atoms with Crippen molar-refractivity contribution >= 4 is 17.4 Å². The van der Waals surface area contributed by atoms with Crippen molar-refractivity contribution in [3.05, 3.63) is 77.6 Å². The first-order chi connectivity index (χ1) is 13.6. The van der Waals surface area contributed by atoms with Gasteiger partial charge < -0.3 is 16.5 Å². The van der Waals surface area contributed by atoms with E-state index in [1.165, 1.54) is 0 Å². The monoisotopic (exact) mass is 374 g/mol. The molecule has 0 radical (unpaired) electrons. The number of carbonyl (C=O) groups is 1. The minimum atomic E-state index is -0.151. The van der Waals surface area contributed by atoms with E-state index in [4.69, 9.17) is 5.73 Å². The van der Waals surface area contributed by atoms with Gasteiger partial charge in [-0.2, -0.15) is 5.10 Å². The van der Waals surface area contributed by atoms with Gasteiger partial charge in [0.2, 0.25) is 0 Å². The maximum Gasteiger partial charge on any atom is 0.251 e. The number of benzene rings is 2. The normalized spacial score (nSPS) is 11.1. The summed E-state index contributed by atoms with van der Waals surface area (Å²) in [6, 6.07) is 17.0. The summed E-state index contributed by atoms with van der Waals surface area (Å²) in [5.41, 5.74) is 12.8. The van der Waals surface area contributed by atoms with Crippen molar-refractivity contribution in [2.24, 2.45) is 5.10 Å². The molecule has 3 rings (SSSR count). The third-order valence-corrected chi connectivity index (χ3v) is 4.14. The van der Waals surface area contributed by atoms with Gasteiger partial charge in [-0.05, 0) is 24.6 Å². The molecule has 7 nitrogen and oxygen atoms in total. The molecule has 28 heavy (non-hydrogen) atoms. The number of hydrogen-bond acceptors (Lipinski definition) is 6. The number of carbonyl (C=O) groups excluding carboxylic acids is 1. The molecule has 4 N–H and O–H groups in total. The van der Waals surface area contributed by atoms with Crippen molar-refractivity contribution in [1.82, 2.24) is 20.7 Å². The van der Waals surface area contributed by atoms with Crippen LogP contribution in [0.25, 0.3) is 11.3 Å². The highest BCUT2D eigenvalue weighted by molar-refractivity contribution is 6.01. The molecular weight excluding hydrogens is 352 g/mol. The summed E-state index contributed by atoms with van der Waals surface area (Å²) in [5, 5.41) is 7.04. The van der Waals surface area contributed by atoms with E-state index < -0.39 is 0 Å². The molecule has 7 heteroatoms. The first-order valence-electron chi connectivity index (χ1n) is 8.85. The molecule has 2 aromatic carbocycles. The highest BCUT2D eigenvalue weighted by atomic mass is 16.1. The van der Waals surface area contributed by atoms with Gasteiger partial charge in [0, 0.05) is 24.7 Å². The van der Waals surface area contributed by atoms with E-state index in [0.29, 0.717) is 35.0 Å². The van der Waals surface area contributed by atoms with Crippen molar-refractivity contribution < 1.29 is 4.79 Å². The number of nitrogens with zero attached hydrogens (tertiary/aromatic N) is 3. The van der Waals surface area contributed by atoms with Gasteiger partial charge in [-0.25, -0.2) is 9.97 Å². The zero-order valence-electron chi connectivity index (χ0n) is 15.8. The standard InChI is InChI=1S/C21H22N6O/c1-14(27-23-2)19-20(22)24-13-18(26-19)16-9-6-10-17(11-16)21(28)25-12-15-7-4-3-5-8-15/h3-11,13,23H,12H2,1-2H3,(H2,22,24)(H,25,28). The highest BCUT2D eigenvalue weighted by Crippen LogP contribution is 2.20. The maximum atomic E-state index is 12.5. The van der Waals surface area contributed by atoms with Gasteiger partial charge >= 0.3 is 0 Å². The van der Waals surface area contributed by atoms with Gasteiger partial charge in [-0.1, -0.05) is 42.5 Å². The Morgan fingerprint density at radius 1 is 1.14 bits per heavy atom. The lowest BCUT2D eigenvalue weighted by atomic mass is 10.1. The number of hydrazone groups is 1. The third-order valence-electron chi connectivity index (χ3n) is 4.14. The van der Waals surface area contributed by atoms with Gasteiger partial charge in [0.05, 0.1) is 17.6 Å². The Bertz CT molecular complexity index is 1000. The Hall–Kier alpha value is -3.74. The van der Waals surface area contributed by atoms with Crippen LogP contribution in [0.5, 0.6) is 0 Å². The number of nitrogen functional groups attached to an aromatic ring is 1. The Balaban J connectivity index is 1.82. The average Bonchev–Trinajstić information content (AvgIpc) is 2.73. The number of amides is 1. The predicted octanol–water partition coefficient (Wildman–Crippen LogP) is 2.60. The molecule has 1 heterocycles. The predicted molar refractivity (Wildman–Crippen MR) is 111 cm³/mol. The molecule has 0 saturated carbocycles. The molecule has 0 saturated heterocycles. The molecule has 0 fully saturated rings. The fourth-order valence-corrected chi connectivity index (χ4v) is 2.72. The van der Waals surface area contributed by atoms with Crippen LogP contribution in [0.2, 0.25) is 0 Å². The Kier molecular flexibility index (Phi) is 5.96. The van der Waals surface area contributed by atoms with Crippen LogP contribution in [-0.2, 0) is 6.54 Å². The van der Waals surface area contributed by atoms with Crippen molar-refractivity contribution in [3.63, 3.8) is 0 Å². The summed E-state index contributed by atoms with van der Waals surface area (Å²) in [5.74, 6) is 0.152. The fraction of sp³-hybridized carbons (Fsp3) is 0.143. The lowest BCUT2D eigenvalue weighted by molar-refractivity contribution is 0.0951. The number of nitrogens with two attached hydrogens (primary N) is 1. The maximum absolute atomic E-state index is 12.5. The first kappa shape index (κ1) is 19.0. The Morgan fingerprint density at radius 2 is 1.93 bits per heavy atom. The van der Waals surface area contributed by atoms with E-state index in [1.807, 2.05) is 42.5 Å². The molecular formula is C21H22N6O. The Labute approximate surface area is 163 Å². The van der Waals surface area contributed by atoms with Crippen LogP contribution < -0.4 is 16.5 Å². The number of aromatic nitrogens is 2. The molecule has 3 aromatic rings. The van der Waals surface area contributed by atoms with Crippen LogP contribution in [-0.4, -0.2) is 28.6 Å². The van der Waals surface area contributed by atoms with E-state index in [-0.39, 0.29) is 5.91 Å². The molecule has 0 aliphatic carbocycles. The second-order valence-corrected chi connectivity index (χ2v) is 6.16. The van der Waals surface area contributed by atoms with Gasteiger partial charge in [0.25, 0.3) is 5.91 Å². The molecule has 1 aromatic heterocycles. The molecule has 0 bridgehead atoms. The summed E-state index contributed by atoms with van der Waals surface area (Å²) in [6.45, 7) is 2.27. The van der Waals surface area contributed by atoms with Crippen LogP contribution in [0, 0.1) is 0 Å². The molecule has 0 atom stereocenters. The third kappa shape index (κ3) is 4.50. The van der Waals surface area contributed by atoms with Gasteiger partial charge in [-0.15, -0.1) is 0 Å². The number of rotatable bonds is 6. The molecule has 0 aliphatic rings. The van der Waals surface area contributed by atoms with Crippen molar-refractivity contribution in [3.8, 4) is 11.3 Å².